The van der Waals surface area contributed by atoms with E-state index in [-0.39, 0.29) is 6.54 Å². The molecule has 1 N–H and O–H groups in total. The van der Waals surface area contributed by atoms with Crippen molar-refractivity contribution in [3.05, 3.63) is 64.7 Å². The lowest BCUT2D eigenvalue weighted by Gasteiger charge is -2.13. The zero-order valence-electron chi connectivity index (χ0n) is 11.8. The average molecular weight is 364 g/mol. The Labute approximate surface area is 137 Å². The summed E-state index contributed by atoms with van der Waals surface area (Å²) in [6.45, 7) is -0.0177. The molecular formula is C15H13ClF3NO2S. The van der Waals surface area contributed by atoms with Gasteiger partial charge in [0.25, 0.3) is 0 Å². The highest BCUT2D eigenvalue weighted by molar-refractivity contribution is 7.89. The molecule has 0 heterocycles. The molecule has 2 aromatic carbocycles. The van der Waals surface area contributed by atoms with Gasteiger partial charge in [0.15, 0.2) is 0 Å². The third-order valence-electron chi connectivity index (χ3n) is 3.10. The van der Waals surface area contributed by atoms with Crippen molar-refractivity contribution in [2.24, 2.45) is 0 Å². The number of nitrogens with one attached hydrogen (secondary N) is 1. The topological polar surface area (TPSA) is 46.2 Å². The molecule has 0 aliphatic carbocycles. The summed E-state index contributed by atoms with van der Waals surface area (Å²) in [4.78, 5) is -0.774. The molecule has 2 rings (SSSR count). The monoisotopic (exact) mass is 363 g/mol. The molecule has 0 aliphatic heterocycles. The van der Waals surface area contributed by atoms with Crippen LogP contribution in [0.3, 0.4) is 0 Å². The van der Waals surface area contributed by atoms with Crippen LogP contribution in [0.1, 0.15) is 11.1 Å². The van der Waals surface area contributed by atoms with Gasteiger partial charge >= 0.3 is 6.18 Å². The van der Waals surface area contributed by atoms with Crippen LogP contribution in [0.25, 0.3) is 0 Å². The Kier molecular flexibility index (Phi) is 5.33. The van der Waals surface area contributed by atoms with Gasteiger partial charge in [0.1, 0.15) is 0 Å². The van der Waals surface area contributed by atoms with E-state index in [0.717, 1.165) is 23.8 Å². The van der Waals surface area contributed by atoms with E-state index in [0.29, 0.717) is 11.4 Å². The van der Waals surface area contributed by atoms with E-state index < -0.39 is 26.7 Å². The third-order valence-corrected chi connectivity index (χ3v) is 4.87. The van der Waals surface area contributed by atoms with E-state index in [1.807, 2.05) is 0 Å². The molecule has 0 saturated carbocycles. The predicted molar refractivity (Wildman–Crippen MR) is 81.8 cm³/mol. The molecular weight excluding hydrogens is 351 g/mol. The number of rotatable bonds is 5. The Morgan fingerprint density at radius 2 is 1.61 bits per heavy atom. The molecule has 0 atom stereocenters. The third kappa shape index (κ3) is 4.70. The summed E-state index contributed by atoms with van der Waals surface area (Å²) in [5.41, 5.74) is -0.361. The highest BCUT2D eigenvalue weighted by Crippen LogP contribution is 2.33. The van der Waals surface area contributed by atoms with Crippen LogP contribution < -0.4 is 4.72 Å². The van der Waals surface area contributed by atoms with Gasteiger partial charge in [0, 0.05) is 11.6 Å². The maximum Gasteiger partial charge on any atom is 0.417 e. The van der Waals surface area contributed by atoms with Gasteiger partial charge in [-0.25, -0.2) is 13.1 Å². The molecule has 3 nitrogen and oxygen atoms in total. The Balaban J connectivity index is 2.12. The normalized spacial score (nSPS) is 12.3. The fraction of sp³-hybridized carbons (Fsp3) is 0.200. The van der Waals surface area contributed by atoms with Crippen molar-refractivity contribution in [3.63, 3.8) is 0 Å². The minimum atomic E-state index is -4.73. The lowest BCUT2D eigenvalue weighted by molar-refractivity contribution is -0.139. The first kappa shape index (κ1) is 17.8. The largest absolute Gasteiger partial charge is 0.417 e. The molecule has 0 fully saturated rings. The van der Waals surface area contributed by atoms with Crippen LogP contribution in [0.2, 0.25) is 5.02 Å². The standard InChI is InChI=1S/C15H13ClF3NO2S/c16-12-7-5-11(6-8-12)9-10-20-23(21,22)14-4-2-1-3-13(14)15(17,18)19/h1-8,20H,9-10H2. The maximum absolute atomic E-state index is 12.9. The lowest BCUT2D eigenvalue weighted by Crippen LogP contribution is -2.28. The van der Waals surface area contributed by atoms with Crippen LogP contribution >= 0.6 is 11.6 Å². The summed E-state index contributed by atoms with van der Waals surface area (Å²) >= 11 is 5.74. The number of halogens is 4. The van der Waals surface area contributed by atoms with E-state index in [4.69, 9.17) is 11.6 Å². The van der Waals surface area contributed by atoms with Crippen LogP contribution in [0.4, 0.5) is 13.2 Å². The van der Waals surface area contributed by atoms with Crippen LogP contribution in [-0.2, 0) is 22.6 Å². The molecule has 23 heavy (non-hydrogen) atoms. The van der Waals surface area contributed by atoms with Crippen molar-refractivity contribution in [3.8, 4) is 0 Å². The zero-order valence-corrected chi connectivity index (χ0v) is 13.3. The molecule has 124 valence electrons. The van der Waals surface area contributed by atoms with Gasteiger partial charge in [0.2, 0.25) is 10.0 Å². The fourth-order valence-corrected chi connectivity index (χ4v) is 3.38. The number of hydrogen-bond donors (Lipinski definition) is 1. The Morgan fingerprint density at radius 3 is 2.22 bits per heavy atom. The van der Waals surface area contributed by atoms with Crippen LogP contribution in [0, 0.1) is 0 Å². The van der Waals surface area contributed by atoms with Crippen molar-refractivity contribution in [1.29, 1.82) is 0 Å². The van der Waals surface area contributed by atoms with Gasteiger partial charge in [-0.1, -0.05) is 35.9 Å². The van der Waals surface area contributed by atoms with Crippen molar-refractivity contribution < 1.29 is 21.6 Å². The first-order valence-corrected chi connectivity index (χ1v) is 8.46. The quantitative estimate of drug-likeness (QED) is 0.876. The molecule has 0 aromatic heterocycles. The highest BCUT2D eigenvalue weighted by atomic mass is 35.5. The van der Waals surface area contributed by atoms with Gasteiger partial charge in [-0.2, -0.15) is 13.2 Å². The molecule has 0 unspecified atom stereocenters. The highest BCUT2D eigenvalue weighted by Gasteiger charge is 2.36. The van der Waals surface area contributed by atoms with Crippen LogP contribution in [-0.4, -0.2) is 15.0 Å². The van der Waals surface area contributed by atoms with Gasteiger partial charge < -0.3 is 0 Å². The second kappa shape index (κ2) is 6.90. The summed E-state index contributed by atoms with van der Waals surface area (Å²) in [6, 6.07) is 10.8. The lowest BCUT2D eigenvalue weighted by atomic mass is 10.2. The minimum absolute atomic E-state index is 0.0177. The average Bonchev–Trinajstić information content (AvgIpc) is 2.48. The van der Waals surface area contributed by atoms with E-state index >= 15 is 0 Å². The van der Waals surface area contributed by atoms with E-state index in [1.165, 1.54) is 6.07 Å². The zero-order chi connectivity index (χ0) is 17.1. The number of alkyl halides is 3. The first-order chi connectivity index (χ1) is 10.7. The van der Waals surface area contributed by atoms with E-state index in [9.17, 15) is 21.6 Å². The smallest absolute Gasteiger partial charge is 0.211 e. The molecule has 0 radical (unpaired) electrons. The molecule has 0 saturated heterocycles. The predicted octanol–water partition coefficient (Wildman–Crippen LogP) is 3.88. The molecule has 0 bridgehead atoms. The Morgan fingerprint density at radius 1 is 1.00 bits per heavy atom. The number of sulfonamides is 1. The Bertz CT molecular complexity index is 774. The van der Waals surface area contributed by atoms with Gasteiger partial charge in [-0.05, 0) is 36.2 Å². The van der Waals surface area contributed by atoms with Crippen molar-refractivity contribution in [1.82, 2.24) is 4.72 Å². The van der Waals surface area contributed by atoms with Crippen molar-refractivity contribution >= 4 is 21.6 Å². The summed E-state index contributed by atoms with van der Waals surface area (Å²) in [5.74, 6) is 0. The molecule has 0 spiro atoms. The second-order valence-electron chi connectivity index (χ2n) is 4.77. The molecule has 0 amide bonds. The summed E-state index contributed by atoms with van der Waals surface area (Å²) in [5, 5.41) is 0.549. The van der Waals surface area contributed by atoms with Crippen molar-refractivity contribution in [2.45, 2.75) is 17.5 Å². The van der Waals surface area contributed by atoms with Crippen LogP contribution in [0.5, 0.6) is 0 Å². The van der Waals surface area contributed by atoms with Gasteiger partial charge in [-0.3, -0.25) is 0 Å². The molecule has 2 aromatic rings. The second-order valence-corrected chi connectivity index (χ2v) is 6.94. The number of hydrogen-bond acceptors (Lipinski definition) is 2. The minimum Gasteiger partial charge on any atom is -0.211 e. The molecule has 0 aliphatic rings. The summed E-state index contributed by atoms with van der Waals surface area (Å²) in [7, 11) is -4.25. The maximum atomic E-state index is 12.9. The number of benzene rings is 2. The summed E-state index contributed by atoms with van der Waals surface area (Å²) in [6.07, 6.45) is -4.40. The van der Waals surface area contributed by atoms with Gasteiger partial charge in [0.05, 0.1) is 10.5 Å². The SMILES string of the molecule is O=S(=O)(NCCc1ccc(Cl)cc1)c1ccccc1C(F)(F)F. The van der Waals surface area contributed by atoms with Crippen molar-refractivity contribution in [2.75, 3.05) is 6.54 Å². The van der Waals surface area contributed by atoms with E-state index in [1.54, 1.807) is 24.3 Å². The van der Waals surface area contributed by atoms with E-state index in [2.05, 4.69) is 4.72 Å². The fourth-order valence-electron chi connectivity index (χ4n) is 1.99. The Hall–Kier alpha value is -1.57. The first-order valence-electron chi connectivity index (χ1n) is 6.60. The summed E-state index contributed by atoms with van der Waals surface area (Å²) < 4.78 is 65.1. The van der Waals surface area contributed by atoms with Crippen LogP contribution in [0.15, 0.2) is 53.4 Å². The molecule has 8 heteroatoms. The van der Waals surface area contributed by atoms with Gasteiger partial charge in [-0.15, -0.1) is 0 Å².